The summed E-state index contributed by atoms with van der Waals surface area (Å²) in [5.74, 6) is 0.637. The van der Waals surface area contributed by atoms with Crippen molar-refractivity contribution >= 4 is 45.3 Å². The first-order valence-corrected chi connectivity index (χ1v) is 11.5. The van der Waals surface area contributed by atoms with E-state index < -0.39 is 0 Å². The molecule has 2 aromatic heterocycles. The number of halogens is 1. The van der Waals surface area contributed by atoms with Crippen LogP contribution in [-0.4, -0.2) is 41.9 Å². The lowest BCUT2D eigenvalue weighted by molar-refractivity contribution is 0.0986. The minimum absolute atomic E-state index is 0.111. The van der Waals surface area contributed by atoms with Crippen LogP contribution in [0.5, 0.6) is 0 Å². The van der Waals surface area contributed by atoms with E-state index in [-0.39, 0.29) is 5.78 Å². The average Bonchev–Trinajstić information content (AvgIpc) is 3.39. The molecule has 30 heavy (non-hydrogen) atoms. The predicted octanol–water partition coefficient (Wildman–Crippen LogP) is 4.96. The highest BCUT2D eigenvalue weighted by molar-refractivity contribution is 7.14. The highest BCUT2D eigenvalue weighted by atomic mass is 35.5. The molecule has 7 heteroatoms. The van der Waals surface area contributed by atoms with E-state index in [4.69, 9.17) is 22.1 Å². The number of nitrogen functional groups attached to an aromatic ring is 1. The summed E-state index contributed by atoms with van der Waals surface area (Å²) in [4.78, 5) is 20.8. The van der Waals surface area contributed by atoms with Crippen LogP contribution < -0.4 is 5.73 Å². The summed E-state index contributed by atoms with van der Waals surface area (Å²) in [5.41, 5.74) is 7.01. The fourth-order valence-corrected chi connectivity index (χ4v) is 5.10. The largest absolute Gasteiger partial charge is 0.383 e. The van der Waals surface area contributed by atoms with Crippen LogP contribution in [0, 0.1) is 0 Å². The number of anilines is 1. The number of carbonyl (C=O) groups excluding carboxylic acids is 1. The molecule has 0 spiro atoms. The van der Waals surface area contributed by atoms with Gasteiger partial charge in [-0.05, 0) is 55.4 Å². The number of Topliss-reactive ketones (excluding diaryl/α,β-unsaturated/α-hetero) is 1. The number of aryl methyl sites for hydroxylation is 1. The average molecular weight is 444 g/mol. The van der Waals surface area contributed by atoms with Crippen molar-refractivity contribution in [2.45, 2.75) is 32.3 Å². The zero-order valence-corrected chi connectivity index (χ0v) is 18.5. The van der Waals surface area contributed by atoms with Crippen molar-refractivity contribution < 1.29 is 9.53 Å². The molecule has 3 aromatic rings. The normalized spacial score (nSPS) is 14.6. The summed E-state index contributed by atoms with van der Waals surface area (Å²) in [7, 11) is 0. The molecule has 3 heterocycles. The number of benzene rings is 1. The van der Waals surface area contributed by atoms with Crippen molar-refractivity contribution in [3.63, 3.8) is 0 Å². The molecule has 4 rings (SSSR count). The molecule has 5 nitrogen and oxygen atoms in total. The van der Waals surface area contributed by atoms with Crippen LogP contribution in [0.15, 0.2) is 36.5 Å². The molecule has 0 saturated carbocycles. The van der Waals surface area contributed by atoms with Crippen LogP contribution in [0.25, 0.3) is 10.8 Å². The summed E-state index contributed by atoms with van der Waals surface area (Å²) < 4.78 is 5.79. The molecule has 2 N–H and O–H groups in total. The number of carbonyl (C=O) groups is 1. The van der Waals surface area contributed by atoms with E-state index in [1.165, 1.54) is 37.3 Å². The molecule has 0 bridgehead atoms. The summed E-state index contributed by atoms with van der Waals surface area (Å²) in [6.45, 7) is 4.46. The Kier molecular flexibility index (Phi) is 7.00. The molecule has 0 radical (unpaired) electrons. The monoisotopic (exact) mass is 443 g/mol. The van der Waals surface area contributed by atoms with E-state index in [2.05, 4.69) is 16.0 Å². The Bertz CT molecular complexity index is 1030. The van der Waals surface area contributed by atoms with Crippen LogP contribution in [0.1, 0.15) is 39.4 Å². The van der Waals surface area contributed by atoms with Gasteiger partial charge in [0.15, 0.2) is 5.78 Å². The maximum atomic E-state index is 12.7. The van der Waals surface area contributed by atoms with Gasteiger partial charge in [-0.3, -0.25) is 4.79 Å². The van der Waals surface area contributed by atoms with Crippen LogP contribution in [0.3, 0.4) is 0 Å². The Balaban J connectivity index is 1.29. The second kappa shape index (κ2) is 9.88. The highest BCUT2D eigenvalue weighted by Gasteiger charge is 2.15. The van der Waals surface area contributed by atoms with E-state index in [1.54, 1.807) is 12.3 Å². The van der Waals surface area contributed by atoms with Crippen molar-refractivity contribution in [1.82, 2.24) is 9.88 Å². The van der Waals surface area contributed by atoms with Gasteiger partial charge in [0.25, 0.3) is 0 Å². The van der Waals surface area contributed by atoms with Gasteiger partial charge in [0.05, 0.1) is 23.1 Å². The predicted molar refractivity (Wildman–Crippen MR) is 123 cm³/mol. The fraction of sp³-hybridized carbons (Fsp3) is 0.391. The Labute approximate surface area is 185 Å². The molecule has 158 valence electrons. The first kappa shape index (κ1) is 21.2. The van der Waals surface area contributed by atoms with Gasteiger partial charge in [0.2, 0.25) is 0 Å². The van der Waals surface area contributed by atoms with E-state index in [0.29, 0.717) is 41.8 Å². The fourth-order valence-electron chi connectivity index (χ4n) is 3.79. The molecule has 1 fully saturated rings. The molecule has 0 unspecified atom stereocenters. The molecule has 0 atom stereocenters. The van der Waals surface area contributed by atoms with Crippen LogP contribution in [0.2, 0.25) is 5.02 Å². The smallest absolute Gasteiger partial charge is 0.173 e. The van der Waals surface area contributed by atoms with E-state index >= 15 is 0 Å². The lowest BCUT2D eigenvalue weighted by Crippen LogP contribution is -2.23. The standard InChI is InChI=1S/C23H26ClN3O2S/c24-19-14-21(30-22(19)15-29-12-11-27-9-1-2-10-27)20(28)6-4-16-3-5-18-17(13-16)7-8-26-23(18)25/h3,5,7-8,13-14H,1-2,4,6,9-12,15H2,(H2,25,26). The topological polar surface area (TPSA) is 68.4 Å². The minimum Gasteiger partial charge on any atom is -0.383 e. The second-order valence-electron chi connectivity index (χ2n) is 7.66. The molecule has 0 aliphatic carbocycles. The third-order valence-corrected chi connectivity index (χ3v) is 7.12. The molecule has 1 saturated heterocycles. The Morgan fingerprint density at radius 2 is 2.07 bits per heavy atom. The number of hydrogen-bond donors (Lipinski definition) is 1. The summed E-state index contributed by atoms with van der Waals surface area (Å²) in [5, 5.41) is 2.60. The Morgan fingerprint density at radius 3 is 2.90 bits per heavy atom. The third kappa shape index (κ3) is 5.19. The first-order chi connectivity index (χ1) is 14.6. The number of hydrogen-bond acceptors (Lipinski definition) is 6. The maximum absolute atomic E-state index is 12.7. The van der Waals surface area contributed by atoms with Crippen molar-refractivity contribution in [2.24, 2.45) is 0 Å². The molecular formula is C23H26ClN3O2S. The van der Waals surface area contributed by atoms with Gasteiger partial charge < -0.3 is 15.4 Å². The van der Waals surface area contributed by atoms with Gasteiger partial charge in [-0.25, -0.2) is 4.98 Å². The van der Waals surface area contributed by atoms with E-state index in [0.717, 1.165) is 27.8 Å². The van der Waals surface area contributed by atoms with Gasteiger partial charge in [0.1, 0.15) is 5.82 Å². The number of fused-ring (bicyclic) bond motifs is 1. The number of rotatable bonds is 9. The summed E-state index contributed by atoms with van der Waals surface area (Å²) in [6, 6.07) is 9.76. The number of ketones is 1. The van der Waals surface area contributed by atoms with Gasteiger partial charge in [-0.15, -0.1) is 11.3 Å². The zero-order valence-electron chi connectivity index (χ0n) is 16.9. The van der Waals surface area contributed by atoms with Gasteiger partial charge >= 0.3 is 0 Å². The molecule has 1 aromatic carbocycles. The second-order valence-corrected chi connectivity index (χ2v) is 9.20. The van der Waals surface area contributed by atoms with Gasteiger partial charge in [0, 0.05) is 29.4 Å². The maximum Gasteiger partial charge on any atom is 0.173 e. The third-order valence-electron chi connectivity index (χ3n) is 5.52. The molecule has 0 amide bonds. The van der Waals surface area contributed by atoms with Crippen molar-refractivity contribution in [2.75, 3.05) is 32.0 Å². The van der Waals surface area contributed by atoms with E-state index in [9.17, 15) is 4.79 Å². The van der Waals surface area contributed by atoms with Crippen LogP contribution >= 0.6 is 22.9 Å². The van der Waals surface area contributed by atoms with Crippen molar-refractivity contribution in [1.29, 1.82) is 0 Å². The summed E-state index contributed by atoms with van der Waals surface area (Å²) >= 11 is 7.79. The number of aromatic nitrogens is 1. The molecule has 1 aliphatic heterocycles. The number of thiophene rings is 1. The van der Waals surface area contributed by atoms with Gasteiger partial charge in [-0.2, -0.15) is 0 Å². The van der Waals surface area contributed by atoms with Crippen molar-refractivity contribution in [3.05, 3.63) is 56.9 Å². The Hall–Kier alpha value is -1.99. The van der Waals surface area contributed by atoms with Crippen LogP contribution in [0.4, 0.5) is 5.82 Å². The molecule has 1 aliphatic rings. The first-order valence-electron chi connectivity index (χ1n) is 10.3. The van der Waals surface area contributed by atoms with E-state index in [1.807, 2.05) is 18.2 Å². The summed E-state index contributed by atoms with van der Waals surface area (Å²) in [6.07, 6.45) is 5.39. The quantitative estimate of drug-likeness (QED) is 0.374. The lowest BCUT2D eigenvalue weighted by atomic mass is 10.0. The zero-order chi connectivity index (χ0) is 20.9. The number of nitrogens with two attached hydrogens (primary N) is 1. The number of nitrogens with zero attached hydrogens (tertiary/aromatic N) is 2. The van der Waals surface area contributed by atoms with Gasteiger partial charge in [-0.1, -0.05) is 29.8 Å². The minimum atomic E-state index is 0.111. The molecular weight excluding hydrogens is 418 g/mol. The van der Waals surface area contributed by atoms with Crippen molar-refractivity contribution in [3.8, 4) is 0 Å². The number of ether oxygens (including phenoxy) is 1. The SMILES string of the molecule is Nc1nccc2cc(CCC(=O)c3cc(Cl)c(COCCN4CCCC4)s3)ccc12. The van der Waals surface area contributed by atoms with Crippen LogP contribution in [-0.2, 0) is 17.8 Å². The Morgan fingerprint density at radius 1 is 1.23 bits per heavy atom. The highest BCUT2D eigenvalue weighted by Crippen LogP contribution is 2.29. The number of pyridine rings is 1. The number of likely N-dealkylation sites (tertiary alicyclic amines) is 1. The lowest BCUT2D eigenvalue weighted by Gasteiger charge is -2.13.